The molecule has 1 atom stereocenters. The first-order valence-electron chi connectivity index (χ1n) is 9.25. The van der Waals surface area contributed by atoms with Crippen molar-refractivity contribution < 1.29 is 35.6 Å². The number of hydrogen-bond acceptors (Lipinski definition) is 6. The van der Waals surface area contributed by atoms with Gasteiger partial charge >= 0.3 is 12.4 Å². The van der Waals surface area contributed by atoms with Crippen molar-refractivity contribution in [2.24, 2.45) is 0 Å². The maximum atomic E-state index is 13.0. The van der Waals surface area contributed by atoms with Crippen LogP contribution < -0.4 is 11.1 Å². The summed E-state index contributed by atoms with van der Waals surface area (Å²) < 4.78 is 88.5. The highest BCUT2D eigenvalue weighted by Crippen LogP contribution is 2.36. The van der Waals surface area contributed by atoms with Crippen LogP contribution in [0.25, 0.3) is 0 Å². The number of benzene rings is 2. The molecular weight excluding hydrogens is 442 g/mol. The van der Waals surface area contributed by atoms with Crippen LogP contribution in [0.3, 0.4) is 0 Å². The Kier molecular flexibility index (Phi) is 7.04. The van der Waals surface area contributed by atoms with Gasteiger partial charge in [0.1, 0.15) is 0 Å². The Bertz CT molecular complexity index is 989. The summed E-state index contributed by atoms with van der Waals surface area (Å²) in [6, 6.07) is 9.81. The van der Waals surface area contributed by atoms with Crippen molar-refractivity contribution in [1.82, 2.24) is 15.5 Å². The molecule has 0 aliphatic carbocycles. The van der Waals surface area contributed by atoms with Crippen molar-refractivity contribution in [3.8, 4) is 0 Å². The first kappa shape index (κ1) is 23.5. The van der Waals surface area contributed by atoms with Gasteiger partial charge in [-0.2, -0.15) is 31.3 Å². The zero-order valence-electron chi connectivity index (χ0n) is 16.4. The third-order valence-corrected chi connectivity index (χ3v) is 4.39. The van der Waals surface area contributed by atoms with E-state index in [1.165, 1.54) is 0 Å². The van der Waals surface area contributed by atoms with Gasteiger partial charge in [-0.25, -0.2) is 0 Å². The fourth-order valence-corrected chi connectivity index (χ4v) is 2.91. The number of anilines is 1. The van der Waals surface area contributed by atoms with Gasteiger partial charge in [-0.05, 0) is 34.5 Å². The van der Waals surface area contributed by atoms with Crippen molar-refractivity contribution in [2.45, 2.75) is 31.5 Å². The lowest BCUT2D eigenvalue weighted by Gasteiger charge is -2.19. The Hall–Kier alpha value is -3.12. The number of rotatable bonds is 8. The highest BCUT2D eigenvalue weighted by molar-refractivity contribution is 5.33. The van der Waals surface area contributed by atoms with Gasteiger partial charge in [0.15, 0.2) is 0 Å². The maximum absolute atomic E-state index is 13.0. The number of nitrogens with zero attached hydrogens (tertiary/aromatic N) is 2. The highest BCUT2D eigenvalue weighted by Gasteiger charge is 2.36. The van der Waals surface area contributed by atoms with Crippen molar-refractivity contribution >= 4 is 5.95 Å². The van der Waals surface area contributed by atoms with Crippen molar-refractivity contribution in [2.75, 3.05) is 12.3 Å². The summed E-state index contributed by atoms with van der Waals surface area (Å²) in [5, 5.41) is 6.55. The number of nitrogens with two attached hydrogens (primary N) is 1. The molecule has 172 valence electrons. The molecule has 2 aromatic carbocycles. The summed E-state index contributed by atoms with van der Waals surface area (Å²) in [6.07, 6.45) is -9.84. The van der Waals surface area contributed by atoms with Gasteiger partial charge in [-0.1, -0.05) is 30.3 Å². The van der Waals surface area contributed by atoms with Crippen LogP contribution in [-0.4, -0.2) is 16.7 Å². The number of nitrogen functional groups attached to an aromatic ring is 1. The van der Waals surface area contributed by atoms with Crippen molar-refractivity contribution in [3.05, 3.63) is 76.7 Å². The summed E-state index contributed by atoms with van der Waals surface area (Å²) in [4.78, 5) is 3.85. The summed E-state index contributed by atoms with van der Waals surface area (Å²) >= 11 is 0. The maximum Gasteiger partial charge on any atom is 0.416 e. The zero-order chi connectivity index (χ0) is 23.4. The molecule has 0 aliphatic heterocycles. The molecule has 0 spiro atoms. The van der Waals surface area contributed by atoms with E-state index < -0.39 is 36.1 Å². The molecule has 6 nitrogen and oxygen atoms in total. The van der Waals surface area contributed by atoms with Gasteiger partial charge in [0.05, 0.1) is 36.9 Å². The van der Waals surface area contributed by atoms with Crippen LogP contribution in [0.4, 0.5) is 32.3 Å². The summed E-state index contributed by atoms with van der Waals surface area (Å²) in [5.74, 6) is 0.162. The second-order valence-corrected chi connectivity index (χ2v) is 6.82. The van der Waals surface area contributed by atoms with Crippen molar-refractivity contribution in [1.29, 1.82) is 0 Å². The first-order chi connectivity index (χ1) is 15.0. The number of alkyl halides is 6. The van der Waals surface area contributed by atoms with Crippen molar-refractivity contribution in [3.63, 3.8) is 0 Å². The standard InChI is InChI=1S/C20H18F6N4O2/c21-19(22,23)14-6-12(7-15(8-14)20(24,25)26)10-31-11-16(13-4-2-1-3-5-13)28-9-17-29-18(27)30-32-17/h1-8,16,28H,9-11H2,(H2,27,30)/t16-/m1/s1. The van der Waals surface area contributed by atoms with E-state index in [9.17, 15) is 26.3 Å². The van der Waals surface area contributed by atoms with Gasteiger partial charge in [0.25, 0.3) is 5.95 Å². The second-order valence-electron chi connectivity index (χ2n) is 6.82. The number of nitrogens with one attached hydrogen (secondary N) is 1. The van der Waals surface area contributed by atoms with E-state index in [4.69, 9.17) is 15.0 Å². The van der Waals surface area contributed by atoms with Crippen LogP contribution in [0.5, 0.6) is 0 Å². The molecule has 0 saturated carbocycles. The lowest BCUT2D eigenvalue weighted by atomic mass is 10.0. The van der Waals surface area contributed by atoms with Gasteiger partial charge in [0.2, 0.25) is 5.89 Å². The highest BCUT2D eigenvalue weighted by atomic mass is 19.4. The quantitative estimate of drug-likeness (QED) is 0.473. The SMILES string of the molecule is Nc1noc(CN[C@H](COCc2cc(C(F)(F)F)cc(C(F)(F)F)c2)c2ccccc2)n1. The predicted octanol–water partition coefficient (Wildman–Crippen LogP) is 4.74. The van der Waals surface area contributed by atoms with Gasteiger partial charge in [-0.15, -0.1) is 0 Å². The number of hydrogen-bond donors (Lipinski definition) is 2. The third-order valence-electron chi connectivity index (χ3n) is 4.39. The normalized spacial score (nSPS) is 13.3. The number of ether oxygens (including phenoxy) is 1. The zero-order valence-corrected chi connectivity index (χ0v) is 16.4. The van der Waals surface area contributed by atoms with Crippen LogP contribution in [-0.2, 0) is 30.2 Å². The average molecular weight is 460 g/mol. The molecule has 0 saturated heterocycles. The summed E-state index contributed by atoms with van der Waals surface area (Å²) in [6.45, 7) is -0.383. The molecule has 3 N–H and O–H groups in total. The lowest BCUT2D eigenvalue weighted by molar-refractivity contribution is -0.143. The predicted molar refractivity (Wildman–Crippen MR) is 101 cm³/mol. The van der Waals surface area contributed by atoms with Crippen LogP contribution in [0.2, 0.25) is 0 Å². The second kappa shape index (κ2) is 9.57. The minimum Gasteiger partial charge on any atom is -0.375 e. The Balaban J connectivity index is 1.72. The van der Waals surface area contributed by atoms with Gasteiger partial charge < -0.3 is 15.0 Å². The van der Waals surface area contributed by atoms with E-state index >= 15 is 0 Å². The van der Waals surface area contributed by atoms with E-state index in [2.05, 4.69) is 15.5 Å². The smallest absolute Gasteiger partial charge is 0.375 e. The van der Waals surface area contributed by atoms with Gasteiger partial charge in [0, 0.05) is 0 Å². The molecule has 3 aromatic rings. The summed E-state index contributed by atoms with van der Waals surface area (Å²) in [5.41, 5.74) is 3.15. The first-order valence-corrected chi connectivity index (χ1v) is 9.25. The van der Waals surface area contributed by atoms with Crippen LogP contribution in [0.1, 0.15) is 34.2 Å². The largest absolute Gasteiger partial charge is 0.416 e. The molecule has 0 aliphatic rings. The van der Waals surface area contributed by atoms with E-state index in [1.54, 1.807) is 30.3 Å². The molecule has 0 bridgehead atoms. The number of aromatic nitrogens is 2. The average Bonchev–Trinajstić information content (AvgIpc) is 3.15. The van der Waals surface area contributed by atoms with E-state index in [0.29, 0.717) is 12.1 Å². The topological polar surface area (TPSA) is 86.2 Å². The lowest BCUT2D eigenvalue weighted by Crippen LogP contribution is -2.25. The van der Waals surface area contributed by atoms with Crippen LogP contribution in [0.15, 0.2) is 53.1 Å². The molecule has 0 fully saturated rings. The fraction of sp³-hybridized carbons (Fsp3) is 0.300. The molecule has 1 heterocycles. The van der Waals surface area contributed by atoms with E-state index in [-0.39, 0.29) is 36.6 Å². The Labute approximate surface area is 178 Å². The van der Waals surface area contributed by atoms with Crippen LogP contribution in [0, 0.1) is 0 Å². The Morgan fingerprint density at radius 2 is 1.59 bits per heavy atom. The number of halogens is 6. The van der Waals surface area contributed by atoms with Gasteiger partial charge in [-0.3, -0.25) is 5.32 Å². The summed E-state index contributed by atoms with van der Waals surface area (Å²) in [7, 11) is 0. The minimum absolute atomic E-state index is 0.0423. The molecule has 0 radical (unpaired) electrons. The van der Waals surface area contributed by atoms with Crippen LogP contribution >= 0.6 is 0 Å². The molecule has 3 rings (SSSR count). The Morgan fingerprint density at radius 3 is 2.12 bits per heavy atom. The molecule has 1 aromatic heterocycles. The molecule has 32 heavy (non-hydrogen) atoms. The molecule has 0 amide bonds. The molecule has 12 heteroatoms. The van der Waals surface area contributed by atoms with E-state index in [1.807, 2.05) is 0 Å². The fourth-order valence-electron chi connectivity index (χ4n) is 2.91. The molecule has 0 unspecified atom stereocenters. The third kappa shape index (κ3) is 6.44. The van der Waals surface area contributed by atoms with E-state index in [0.717, 1.165) is 5.56 Å². The molecular formula is C20H18F6N4O2. The monoisotopic (exact) mass is 460 g/mol. The minimum atomic E-state index is -4.92. The Morgan fingerprint density at radius 1 is 0.969 bits per heavy atom.